The number of carbonyl (C=O) groups is 1. The normalized spacial score (nSPS) is 23.7. The van der Waals surface area contributed by atoms with Crippen LogP contribution in [0.1, 0.15) is 23.8 Å². The molecule has 1 aromatic rings. The van der Waals surface area contributed by atoms with Crippen LogP contribution in [-0.2, 0) is 0 Å². The molecule has 2 rings (SSSR count). The van der Waals surface area contributed by atoms with Crippen LogP contribution in [0.4, 0.5) is 0 Å². The van der Waals surface area contributed by atoms with Gasteiger partial charge in [0.25, 0.3) is 5.91 Å². The maximum atomic E-state index is 11.8. The van der Waals surface area contributed by atoms with Crippen LogP contribution < -0.4 is 5.32 Å². The summed E-state index contributed by atoms with van der Waals surface area (Å²) in [5.41, 5.74) is 0.442. The Hall–Kier alpha value is -0.420. The summed E-state index contributed by atoms with van der Waals surface area (Å²) in [6.07, 6.45) is 2.69. The summed E-state index contributed by atoms with van der Waals surface area (Å²) in [5.74, 6) is 0.492. The summed E-state index contributed by atoms with van der Waals surface area (Å²) in [4.78, 5) is 15.8. The van der Waals surface area contributed by atoms with E-state index in [0.29, 0.717) is 22.1 Å². The molecule has 1 saturated carbocycles. The number of carbonyl (C=O) groups excluding carboxylic acids is 1. The van der Waals surface area contributed by atoms with Gasteiger partial charge in [-0.3, -0.25) is 4.79 Å². The highest BCUT2D eigenvalue weighted by molar-refractivity contribution is 9.11. The maximum absolute atomic E-state index is 11.8. The number of pyridine rings is 1. The number of halogens is 2. The quantitative estimate of drug-likeness (QED) is 0.904. The molecule has 3 nitrogen and oxygen atoms in total. The number of hydrogen-bond donors (Lipinski definition) is 1. The Balaban J connectivity index is 2.11. The average molecular weight is 334 g/mol. The van der Waals surface area contributed by atoms with Crippen LogP contribution in [0.2, 0.25) is 0 Å². The van der Waals surface area contributed by atoms with E-state index in [-0.39, 0.29) is 5.91 Å². The predicted octanol–water partition coefficient (Wildman–Crippen LogP) is 2.74. The van der Waals surface area contributed by atoms with Crippen molar-refractivity contribution in [2.75, 3.05) is 0 Å². The van der Waals surface area contributed by atoms with Gasteiger partial charge in [0.1, 0.15) is 5.69 Å². The second kappa shape index (κ2) is 4.22. The topological polar surface area (TPSA) is 42.0 Å². The average Bonchev–Trinajstić information content (AvgIpc) is 2.81. The highest BCUT2D eigenvalue weighted by Crippen LogP contribution is 2.29. The zero-order valence-electron chi connectivity index (χ0n) is 8.13. The Labute approximate surface area is 105 Å². The lowest BCUT2D eigenvalue weighted by Gasteiger charge is -2.05. The van der Waals surface area contributed by atoms with E-state index < -0.39 is 0 Å². The highest BCUT2D eigenvalue weighted by Gasteiger charge is 2.34. The van der Waals surface area contributed by atoms with E-state index in [0.717, 1.165) is 10.9 Å². The van der Waals surface area contributed by atoms with Gasteiger partial charge in [-0.05, 0) is 50.3 Å². The summed E-state index contributed by atoms with van der Waals surface area (Å²) in [7, 11) is 0. The second-order valence-corrected chi connectivity index (χ2v) is 5.55. The van der Waals surface area contributed by atoms with Gasteiger partial charge in [0.15, 0.2) is 0 Å². The third-order valence-electron chi connectivity index (χ3n) is 2.45. The van der Waals surface area contributed by atoms with Gasteiger partial charge >= 0.3 is 0 Å². The molecule has 0 saturated heterocycles. The van der Waals surface area contributed by atoms with E-state index in [1.807, 2.05) is 6.07 Å². The molecule has 1 aliphatic rings. The molecule has 0 aromatic carbocycles. The van der Waals surface area contributed by atoms with Gasteiger partial charge in [-0.25, -0.2) is 4.98 Å². The van der Waals surface area contributed by atoms with Gasteiger partial charge in [0.2, 0.25) is 0 Å². The summed E-state index contributed by atoms with van der Waals surface area (Å²) >= 11 is 6.61. The molecule has 80 valence electrons. The van der Waals surface area contributed by atoms with Crippen molar-refractivity contribution >= 4 is 37.8 Å². The minimum Gasteiger partial charge on any atom is -0.348 e. The fourth-order valence-corrected chi connectivity index (χ4v) is 2.51. The lowest BCUT2D eigenvalue weighted by Crippen LogP contribution is -2.27. The zero-order chi connectivity index (χ0) is 11.0. The fourth-order valence-electron chi connectivity index (χ4n) is 1.34. The molecule has 1 N–H and O–H groups in total. The Morgan fingerprint density at radius 2 is 2.27 bits per heavy atom. The van der Waals surface area contributed by atoms with Gasteiger partial charge < -0.3 is 5.32 Å². The van der Waals surface area contributed by atoms with Crippen LogP contribution in [0.15, 0.2) is 21.2 Å². The van der Waals surface area contributed by atoms with Crippen molar-refractivity contribution in [1.82, 2.24) is 10.3 Å². The molecule has 0 aliphatic heterocycles. The molecule has 0 bridgehead atoms. The van der Waals surface area contributed by atoms with E-state index in [1.165, 1.54) is 0 Å². The molecule has 2 atom stereocenters. The minimum atomic E-state index is -0.108. The van der Waals surface area contributed by atoms with Gasteiger partial charge in [0, 0.05) is 16.7 Å². The van der Waals surface area contributed by atoms with Crippen molar-refractivity contribution in [3.05, 3.63) is 26.9 Å². The summed E-state index contributed by atoms with van der Waals surface area (Å²) < 4.78 is 1.56. The molecule has 5 heteroatoms. The number of nitrogens with zero attached hydrogens (tertiary/aromatic N) is 1. The maximum Gasteiger partial charge on any atom is 0.271 e. The van der Waals surface area contributed by atoms with Gasteiger partial charge in [-0.15, -0.1) is 0 Å². The van der Waals surface area contributed by atoms with Crippen LogP contribution in [0.3, 0.4) is 0 Å². The molecular formula is C10H10Br2N2O. The van der Waals surface area contributed by atoms with Crippen LogP contribution in [-0.4, -0.2) is 16.9 Å². The molecule has 0 unspecified atom stereocenters. The largest absolute Gasteiger partial charge is 0.348 e. The Bertz CT molecular complexity index is 408. The van der Waals surface area contributed by atoms with Gasteiger partial charge in [-0.2, -0.15) is 0 Å². The first-order valence-electron chi connectivity index (χ1n) is 4.70. The van der Waals surface area contributed by atoms with Crippen LogP contribution in [0.5, 0.6) is 0 Å². The number of nitrogens with one attached hydrogen (secondary N) is 1. The lowest BCUT2D eigenvalue weighted by atomic mass is 10.3. The molecular weight excluding hydrogens is 324 g/mol. The van der Waals surface area contributed by atoms with Gasteiger partial charge in [-0.1, -0.05) is 6.92 Å². The highest BCUT2D eigenvalue weighted by atomic mass is 79.9. The predicted molar refractivity (Wildman–Crippen MR) is 64.7 cm³/mol. The van der Waals surface area contributed by atoms with E-state index in [2.05, 4.69) is 49.1 Å². The first-order valence-corrected chi connectivity index (χ1v) is 6.28. The Morgan fingerprint density at radius 3 is 2.80 bits per heavy atom. The molecule has 1 aromatic heterocycles. The molecule has 0 spiro atoms. The van der Waals surface area contributed by atoms with E-state index in [9.17, 15) is 4.79 Å². The molecule has 1 heterocycles. The number of hydrogen-bond acceptors (Lipinski definition) is 2. The molecule has 0 radical (unpaired) electrons. The van der Waals surface area contributed by atoms with Crippen molar-refractivity contribution in [2.24, 2.45) is 5.92 Å². The summed E-state index contributed by atoms with van der Waals surface area (Å²) in [6.45, 7) is 2.12. The number of aromatic nitrogens is 1. The SMILES string of the molecule is C[C@@H]1C[C@H]1NC(=O)c1ncc(Br)cc1Br. The van der Waals surface area contributed by atoms with E-state index >= 15 is 0 Å². The number of rotatable bonds is 2. The lowest BCUT2D eigenvalue weighted by molar-refractivity contribution is 0.0943. The van der Waals surface area contributed by atoms with Crippen molar-refractivity contribution in [3.63, 3.8) is 0 Å². The second-order valence-electron chi connectivity index (χ2n) is 3.78. The first-order chi connectivity index (χ1) is 7.08. The minimum absolute atomic E-state index is 0.108. The number of amides is 1. The van der Waals surface area contributed by atoms with Crippen LogP contribution >= 0.6 is 31.9 Å². The van der Waals surface area contributed by atoms with Crippen molar-refractivity contribution in [2.45, 2.75) is 19.4 Å². The van der Waals surface area contributed by atoms with Crippen molar-refractivity contribution < 1.29 is 4.79 Å². The third-order valence-corrected chi connectivity index (χ3v) is 3.49. The molecule has 1 aliphatic carbocycles. The standard InChI is InChI=1S/C10H10Br2N2O/c1-5-2-8(5)14-10(15)9-7(12)3-6(11)4-13-9/h3-5,8H,2H2,1H3,(H,14,15)/t5-,8-/m1/s1. The van der Waals surface area contributed by atoms with Gasteiger partial charge in [0.05, 0.1) is 4.47 Å². The Kier molecular flexibility index (Phi) is 3.11. The zero-order valence-corrected chi connectivity index (χ0v) is 11.3. The van der Waals surface area contributed by atoms with E-state index in [4.69, 9.17) is 0 Å². The van der Waals surface area contributed by atoms with E-state index in [1.54, 1.807) is 6.20 Å². The smallest absolute Gasteiger partial charge is 0.271 e. The summed E-state index contributed by atoms with van der Waals surface area (Å²) in [6, 6.07) is 2.15. The van der Waals surface area contributed by atoms with Crippen LogP contribution in [0, 0.1) is 5.92 Å². The summed E-state index contributed by atoms with van der Waals surface area (Å²) in [5, 5.41) is 2.93. The first kappa shape index (κ1) is 11.1. The van der Waals surface area contributed by atoms with Crippen molar-refractivity contribution in [1.29, 1.82) is 0 Å². The molecule has 15 heavy (non-hydrogen) atoms. The fraction of sp³-hybridized carbons (Fsp3) is 0.400. The molecule has 1 fully saturated rings. The van der Waals surface area contributed by atoms with Crippen LogP contribution in [0.25, 0.3) is 0 Å². The third kappa shape index (κ3) is 2.58. The molecule has 1 amide bonds. The monoisotopic (exact) mass is 332 g/mol. The Morgan fingerprint density at radius 1 is 1.60 bits per heavy atom. The van der Waals surface area contributed by atoms with Crippen molar-refractivity contribution in [3.8, 4) is 0 Å².